The second-order valence-corrected chi connectivity index (χ2v) is 9.72. The highest BCUT2D eigenvalue weighted by Crippen LogP contribution is 2.30. The fourth-order valence-electron chi connectivity index (χ4n) is 3.80. The average Bonchev–Trinajstić information content (AvgIpc) is 2.88. The lowest BCUT2D eigenvalue weighted by Crippen LogP contribution is -2.24. The Morgan fingerprint density at radius 2 is 1.53 bits per heavy atom. The van der Waals surface area contributed by atoms with E-state index in [9.17, 15) is 19.5 Å². The molecule has 0 saturated carbocycles. The predicted molar refractivity (Wildman–Crippen MR) is 145 cm³/mol. The summed E-state index contributed by atoms with van der Waals surface area (Å²) >= 11 is 7.31. The zero-order chi connectivity index (χ0) is 25.7. The number of carboxylic acids is 1. The van der Waals surface area contributed by atoms with E-state index in [1.54, 1.807) is 72.8 Å². The number of carboxylic acid groups (broad SMARTS) is 1. The van der Waals surface area contributed by atoms with Gasteiger partial charge in [-0.1, -0.05) is 48.9 Å². The van der Waals surface area contributed by atoms with Gasteiger partial charge in [-0.3, -0.25) is 9.59 Å². The maximum absolute atomic E-state index is 13.1. The fraction of sp³-hybridized carbons (Fsp3) is 0.107. The first-order chi connectivity index (χ1) is 17.4. The lowest BCUT2D eigenvalue weighted by atomic mass is 9.98. The van der Waals surface area contributed by atoms with Crippen LogP contribution >= 0.6 is 23.4 Å². The molecule has 1 unspecified atom stereocenters. The number of thioether (sulfide) groups is 1. The van der Waals surface area contributed by atoms with Crippen LogP contribution in [0.4, 0.5) is 11.4 Å². The molecule has 2 amide bonds. The number of hydrogen-bond donors (Lipinski definition) is 3. The van der Waals surface area contributed by atoms with E-state index in [-0.39, 0.29) is 22.3 Å². The van der Waals surface area contributed by atoms with Crippen molar-refractivity contribution < 1.29 is 19.5 Å². The molecule has 4 aromatic rings. The third kappa shape index (κ3) is 5.87. The topological polar surface area (TPSA) is 95.5 Å². The van der Waals surface area contributed by atoms with E-state index in [2.05, 4.69) is 10.6 Å². The van der Waals surface area contributed by atoms with Crippen molar-refractivity contribution in [3.63, 3.8) is 0 Å². The van der Waals surface area contributed by atoms with Crippen molar-refractivity contribution in [2.45, 2.75) is 23.5 Å². The van der Waals surface area contributed by atoms with Crippen LogP contribution < -0.4 is 10.6 Å². The second kappa shape index (κ2) is 11.3. The smallest absolute Gasteiger partial charge is 0.336 e. The third-order valence-corrected chi connectivity index (χ3v) is 7.13. The lowest BCUT2D eigenvalue weighted by molar-refractivity contribution is -0.115. The molecule has 0 heterocycles. The number of benzene rings is 4. The molecular weight excluding hydrogens is 496 g/mol. The lowest BCUT2D eigenvalue weighted by Gasteiger charge is -2.16. The number of aromatic carboxylic acids is 1. The van der Waals surface area contributed by atoms with Crippen molar-refractivity contribution in [3.8, 4) is 0 Å². The third-order valence-electron chi connectivity index (χ3n) is 5.52. The summed E-state index contributed by atoms with van der Waals surface area (Å²) in [4.78, 5) is 38.5. The molecule has 0 spiro atoms. The van der Waals surface area contributed by atoms with Crippen LogP contribution in [0.2, 0.25) is 5.02 Å². The average molecular weight is 519 g/mol. The van der Waals surface area contributed by atoms with Gasteiger partial charge in [-0.15, -0.1) is 11.8 Å². The highest BCUT2D eigenvalue weighted by Gasteiger charge is 2.19. The van der Waals surface area contributed by atoms with Crippen molar-refractivity contribution in [2.75, 3.05) is 10.6 Å². The number of amides is 2. The van der Waals surface area contributed by atoms with Crippen LogP contribution in [0.25, 0.3) is 10.8 Å². The van der Waals surface area contributed by atoms with Gasteiger partial charge in [-0.05, 0) is 66.4 Å². The van der Waals surface area contributed by atoms with Crippen LogP contribution in [0.3, 0.4) is 0 Å². The van der Waals surface area contributed by atoms with Crippen LogP contribution in [0.15, 0.2) is 89.8 Å². The van der Waals surface area contributed by atoms with Gasteiger partial charge in [-0.2, -0.15) is 0 Å². The summed E-state index contributed by atoms with van der Waals surface area (Å²) in [6, 6.07) is 24.2. The maximum Gasteiger partial charge on any atom is 0.336 e. The zero-order valence-electron chi connectivity index (χ0n) is 19.3. The number of carbonyl (C=O) groups excluding carboxylic acids is 2. The predicted octanol–water partition coefficient (Wildman–Crippen LogP) is 6.95. The largest absolute Gasteiger partial charge is 0.478 e. The molecule has 8 heteroatoms. The van der Waals surface area contributed by atoms with Gasteiger partial charge >= 0.3 is 5.97 Å². The van der Waals surface area contributed by atoms with Crippen molar-refractivity contribution >= 4 is 63.3 Å². The van der Waals surface area contributed by atoms with Gasteiger partial charge in [0.2, 0.25) is 5.91 Å². The molecule has 0 saturated heterocycles. The molecule has 36 heavy (non-hydrogen) atoms. The van der Waals surface area contributed by atoms with E-state index in [4.69, 9.17) is 11.6 Å². The molecule has 0 aromatic heterocycles. The summed E-state index contributed by atoms with van der Waals surface area (Å²) in [6.07, 6.45) is 0.606. The van der Waals surface area contributed by atoms with E-state index in [0.717, 1.165) is 4.90 Å². The molecule has 1 atom stereocenters. The van der Waals surface area contributed by atoms with Crippen molar-refractivity contribution in [1.82, 2.24) is 0 Å². The maximum atomic E-state index is 13.1. The van der Waals surface area contributed by atoms with Gasteiger partial charge in [0, 0.05) is 32.2 Å². The standard InChI is InChI=1S/C28H23ClN2O4S/c1-2-24(27(33)30-19-14-12-18(29)13-15-19)36-21-9-5-8-20(16-21)31-26(32)22-10-3-6-17-7-4-11-23(25(17)22)28(34)35/h3-16,24H,2H2,1H3,(H,30,33)(H,31,32)(H,34,35). The molecule has 3 N–H and O–H groups in total. The molecular formula is C28H23ClN2O4S. The van der Waals surface area contributed by atoms with Gasteiger partial charge < -0.3 is 15.7 Å². The number of carbonyl (C=O) groups is 3. The Morgan fingerprint density at radius 1 is 0.861 bits per heavy atom. The van der Waals surface area contributed by atoms with Crippen molar-refractivity contribution in [1.29, 1.82) is 0 Å². The summed E-state index contributed by atoms with van der Waals surface area (Å²) in [6.45, 7) is 1.94. The van der Waals surface area contributed by atoms with E-state index in [1.165, 1.54) is 17.8 Å². The first kappa shape index (κ1) is 25.3. The number of nitrogens with one attached hydrogen (secondary N) is 2. The number of hydrogen-bond acceptors (Lipinski definition) is 4. The Morgan fingerprint density at radius 3 is 2.19 bits per heavy atom. The molecule has 4 rings (SSSR count). The summed E-state index contributed by atoms with van der Waals surface area (Å²) in [5.41, 5.74) is 1.56. The molecule has 6 nitrogen and oxygen atoms in total. The molecule has 182 valence electrons. The first-order valence-corrected chi connectivity index (χ1v) is 12.5. The minimum atomic E-state index is -1.10. The molecule has 0 aliphatic carbocycles. The van der Waals surface area contributed by atoms with Crippen molar-refractivity contribution in [2.24, 2.45) is 0 Å². The Kier molecular flexibility index (Phi) is 7.93. The van der Waals surface area contributed by atoms with Crippen LogP contribution in [0.5, 0.6) is 0 Å². The summed E-state index contributed by atoms with van der Waals surface area (Å²) in [7, 11) is 0. The van der Waals surface area contributed by atoms with Gasteiger partial charge in [0.05, 0.1) is 10.8 Å². The van der Waals surface area contributed by atoms with Gasteiger partial charge in [-0.25, -0.2) is 4.79 Å². The van der Waals surface area contributed by atoms with Gasteiger partial charge in [0.15, 0.2) is 0 Å². The fourth-order valence-corrected chi connectivity index (χ4v) is 4.94. The Balaban J connectivity index is 1.51. The Labute approximate surface area is 217 Å². The molecule has 4 aromatic carbocycles. The van der Waals surface area contributed by atoms with Crippen LogP contribution in [0.1, 0.15) is 34.1 Å². The van der Waals surface area contributed by atoms with Gasteiger partial charge in [0.25, 0.3) is 5.91 Å². The number of anilines is 2. The van der Waals surface area contributed by atoms with E-state index in [1.807, 2.05) is 13.0 Å². The monoisotopic (exact) mass is 518 g/mol. The zero-order valence-corrected chi connectivity index (χ0v) is 20.9. The Bertz CT molecular complexity index is 1430. The number of fused-ring (bicyclic) bond motifs is 1. The van der Waals surface area contributed by atoms with E-state index in [0.29, 0.717) is 33.6 Å². The molecule has 0 aliphatic rings. The van der Waals surface area contributed by atoms with Crippen LogP contribution in [0, 0.1) is 0 Å². The van der Waals surface area contributed by atoms with Crippen molar-refractivity contribution in [3.05, 3.63) is 101 Å². The highest BCUT2D eigenvalue weighted by molar-refractivity contribution is 8.00. The van der Waals surface area contributed by atoms with E-state index < -0.39 is 11.9 Å². The number of rotatable bonds is 8. The minimum absolute atomic E-state index is 0.0695. The SMILES string of the molecule is CCC(Sc1cccc(NC(=O)c2cccc3cccc(C(=O)O)c23)c1)C(=O)Nc1ccc(Cl)cc1. The number of halogens is 1. The summed E-state index contributed by atoms with van der Waals surface area (Å²) in [5, 5.41) is 16.7. The van der Waals surface area contributed by atoms with E-state index >= 15 is 0 Å². The van der Waals surface area contributed by atoms with Crippen LogP contribution in [-0.2, 0) is 4.79 Å². The Hall–Kier alpha value is -3.81. The first-order valence-electron chi connectivity index (χ1n) is 11.2. The summed E-state index contributed by atoms with van der Waals surface area (Å²) in [5.74, 6) is -1.64. The van der Waals surface area contributed by atoms with Crippen LogP contribution in [-0.4, -0.2) is 28.1 Å². The minimum Gasteiger partial charge on any atom is -0.478 e. The summed E-state index contributed by atoms with van der Waals surface area (Å²) < 4.78 is 0. The second-order valence-electron chi connectivity index (χ2n) is 8.01. The highest BCUT2D eigenvalue weighted by atomic mass is 35.5. The van der Waals surface area contributed by atoms with Gasteiger partial charge in [0.1, 0.15) is 0 Å². The molecule has 0 bridgehead atoms. The molecule has 0 radical (unpaired) electrons. The normalized spacial score (nSPS) is 11.6. The molecule has 0 fully saturated rings. The molecule has 0 aliphatic heterocycles. The quantitative estimate of drug-likeness (QED) is 0.219.